The molecule has 1 aliphatic carbocycles. The number of piperazine rings is 1. The molecule has 35 heavy (non-hydrogen) atoms. The lowest BCUT2D eigenvalue weighted by Crippen LogP contribution is -2.49. The van der Waals surface area contributed by atoms with Gasteiger partial charge in [0.1, 0.15) is 16.5 Å². The number of ether oxygens (including phenoxy) is 3. The summed E-state index contributed by atoms with van der Waals surface area (Å²) in [6.07, 6.45) is 3.44. The van der Waals surface area contributed by atoms with E-state index in [2.05, 4.69) is 11.8 Å². The molecule has 0 radical (unpaired) electrons. The number of hydrogen-bond acceptors (Lipinski definition) is 8. The van der Waals surface area contributed by atoms with Crippen LogP contribution < -0.4 is 19.1 Å². The van der Waals surface area contributed by atoms with Gasteiger partial charge in [-0.15, -0.1) is 11.3 Å². The molecule has 2 aromatic heterocycles. The number of hydrogen-bond donors (Lipinski definition) is 0. The molecule has 1 atom stereocenters. The van der Waals surface area contributed by atoms with Crippen molar-refractivity contribution in [3.8, 4) is 17.2 Å². The van der Waals surface area contributed by atoms with Gasteiger partial charge >= 0.3 is 0 Å². The van der Waals surface area contributed by atoms with Crippen LogP contribution in [0.15, 0.2) is 12.1 Å². The number of carbonyl (C=O) groups excluding carboxylic acids is 1. The van der Waals surface area contributed by atoms with Gasteiger partial charge in [0.15, 0.2) is 11.5 Å². The van der Waals surface area contributed by atoms with Crippen molar-refractivity contribution in [2.45, 2.75) is 33.1 Å². The highest BCUT2D eigenvalue weighted by Gasteiger charge is 2.29. The Morgan fingerprint density at radius 2 is 1.71 bits per heavy atom. The van der Waals surface area contributed by atoms with E-state index in [9.17, 15) is 4.79 Å². The van der Waals surface area contributed by atoms with Gasteiger partial charge in [0.25, 0.3) is 5.91 Å². The number of rotatable bonds is 5. The van der Waals surface area contributed by atoms with Crippen LogP contribution in [0.1, 0.15) is 40.0 Å². The number of aromatic nitrogens is 2. The summed E-state index contributed by atoms with van der Waals surface area (Å²) in [6, 6.07) is 3.43. The lowest BCUT2D eigenvalue weighted by molar-refractivity contribution is 0.0745. The third-order valence-electron chi connectivity index (χ3n) is 7.03. The van der Waals surface area contributed by atoms with Gasteiger partial charge in [-0.2, -0.15) is 0 Å². The van der Waals surface area contributed by atoms with E-state index in [0.29, 0.717) is 35.9 Å². The number of nitrogens with zero attached hydrogens (tertiary/aromatic N) is 4. The average Bonchev–Trinajstić information content (AvgIpc) is 3.23. The SMILES string of the molecule is COc1cc(C(=O)N2CCN(c3nc(C)nc4sc5c(c34)CC[C@H](C)C5)CC2)cc(OC)c1OC. The van der Waals surface area contributed by atoms with Crippen molar-refractivity contribution >= 4 is 33.3 Å². The average molecular weight is 497 g/mol. The molecule has 186 valence electrons. The van der Waals surface area contributed by atoms with Crippen LogP contribution >= 0.6 is 11.3 Å². The number of fused-ring (bicyclic) bond motifs is 3. The summed E-state index contributed by atoms with van der Waals surface area (Å²) in [5, 5.41) is 1.23. The molecule has 5 rings (SSSR count). The predicted octanol–water partition coefficient (Wildman–Crippen LogP) is 4.11. The van der Waals surface area contributed by atoms with Crippen LogP contribution in [0, 0.1) is 12.8 Å². The van der Waals surface area contributed by atoms with Crippen LogP contribution in [-0.2, 0) is 12.8 Å². The van der Waals surface area contributed by atoms with Gasteiger partial charge in [-0.1, -0.05) is 6.92 Å². The molecule has 0 unspecified atom stereocenters. The maximum absolute atomic E-state index is 13.4. The normalized spacial score (nSPS) is 17.9. The van der Waals surface area contributed by atoms with E-state index in [1.807, 2.05) is 23.2 Å². The fourth-order valence-electron chi connectivity index (χ4n) is 5.16. The molecule has 0 bridgehead atoms. The minimum Gasteiger partial charge on any atom is -0.493 e. The Balaban J connectivity index is 1.38. The Labute approximate surface area is 209 Å². The van der Waals surface area contributed by atoms with Gasteiger partial charge in [0.05, 0.1) is 26.7 Å². The topological polar surface area (TPSA) is 77.0 Å². The molecule has 3 heterocycles. The second kappa shape index (κ2) is 9.53. The zero-order chi connectivity index (χ0) is 24.7. The summed E-state index contributed by atoms with van der Waals surface area (Å²) in [7, 11) is 4.66. The molecular weight excluding hydrogens is 464 g/mol. The first-order valence-electron chi connectivity index (χ1n) is 12.1. The van der Waals surface area contributed by atoms with Gasteiger partial charge < -0.3 is 24.0 Å². The van der Waals surface area contributed by atoms with Crippen molar-refractivity contribution < 1.29 is 19.0 Å². The molecule has 1 amide bonds. The Morgan fingerprint density at radius 1 is 1.03 bits per heavy atom. The first-order valence-corrected chi connectivity index (χ1v) is 12.9. The molecule has 9 heteroatoms. The fraction of sp³-hybridized carbons (Fsp3) is 0.500. The molecule has 0 saturated carbocycles. The van der Waals surface area contributed by atoms with E-state index in [4.69, 9.17) is 24.2 Å². The smallest absolute Gasteiger partial charge is 0.254 e. The zero-order valence-electron chi connectivity index (χ0n) is 21.0. The first kappa shape index (κ1) is 23.7. The van der Waals surface area contributed by atoms with Crippen molar-refractivity contribution in [3.63, 3.8) is 0 Å². The minimum absolute atomic E-state index is 0.0465. The molecule has 1 saturated heterocycles. The lowest BCUT2D eigenvalue weighted by atomic mass is 9.89. The zero-order valence-corrected chi connectivity index (χ0v) is 21.8. The van der Waals surface area contributed by atoms with Crippen LogP contribution in [-0.4, -0.2) is 68.3 Å². The second-order valence-electron chi connectivity index (χ2n) is 9.32. The second-order valence-corrected chi connectivity index (χ2v) is 10.4. The van der Waals surface area contributed by atoms with E-state index in [0.717, 1.165) is 48.3 Å². The molecule has 8 nitrogen and oxygen atoms in total. The van der Waals surface area contributed by atoms with Gasteiger partial charge in [-0.3, -0.25) is 4.79 Å². The Hall–Kier alpha value is -3.07. The standard InChI is InChI=1S/C26H32N4O4S/c1-15-6-7-18-21(12-15)35-25-22(18)24(27-16(2)28-25)29-8-10-30(11-9-29)26(31)17-13-19(32-3)23(34-5)20(14-17)33-4/h13-15H,6-12H2,1-5H3/t15-/m0/s1. The molecule has 0 spiro atoms. The van der Waals surface area contributed by atoms with Crippen LogP contribution in [0.4, 0.5) is 5.82 Å². The van der Waals surface area contributed by atoms with Crippen molar-refractivity contribution in [1.29, 1.82) is 0 Å². The summed E-state index contributed by atoms with van der Waals surface area (Å²) in [6.45, 7) is 6.97. The maximum atomic E-state index is 13.4. The number of thiophene rings is 1. The monoisotopic (exact) mass is 496 g/mol. The fourth-order valence-corrected chi connectivity index (χ4v) is 6.59. The number of methoxy groups -OCH3 is 3. The van der Waals surface area contributed by atoms with Crippen molar-refractivity contribution in [3.05, 3.63) is 34.0 Å². The van der Waals surface area contributed by atoms with E-state index >= 15 is 0 Å². The van der Waals surface area contributed by atoms with Crippen LogP contribution in [0.3, 0.4) is 0 Å². The van der Waals surface area contributed by atoms with Crippen molar-refractivity contribution in [2.75, 3.05) is 52.4 Å². The molecule has 3 aromatic rings. The highest BCUT2D eigenvalue weighted by molar-refractivity contribution is 7.19. The highest BCUT2D eigenvalue weighted by atomic mass is 32.1. The Morgan fingerprint density at radius 3 is 2.34 bits per heavy atom. The summed E-state index contributed by atoms with van der Waals surface area (Å²) in [4.78, 5) is 29.8. The van der Waals surface area contributed by atoms with E-state index < -0.39 is 0 Å². The predicted molar refractivity (Wildman–Crippen MR) is 138 cm³/mol. The number of carbonyl (C=O) groups is 1. The van der Waals surface area contributed by atoms with E-state index in [-0.39, 0.29) is 5.91 Å². The van der Waals surface area contributed by atoms with Crippen molar-refractivity contribution in [1.82, 2.24) is 14.9 Å². The van der Waals surface area contributed by atoms with Gasteiger partial charge in [0, 0.05) is 36.6 Å². The van der Waals surface area contributed by atoms with Gasteiger partial charge in [-0.05, 0) is 49.8 Å². The summed E-state index contributed by atoms with van der Waals surface area (Å²) in [5.74, 6) is 3.93. The lowest BCUT2D eigenvalue weighted by Gasteiger charge is -2.36. The van der Waals surface area contributed by atoms with Gasteiger partial charge in [-0.25, -0.2) is 9.97 Å². The van der Waals surface area contributed by atoms with Crippen molar-refractivity contribution in [2.24, 2.45) is 5.92 Å². The summed E-state index contributed by atoms with van der Waals surface area (Å²) < 4.78 is 16.3. The third-order valence-corrected chi connectivity index (χ3v) is 8.17. The molecule has 1 fully saturated rings. The Kier molecular flexibility index (Phi) is 6.44. The number of anilines is 1. The maximum Gasteiger partial charge on any atom is 0.254 e. The molecule has 1 aromatic carbocycles. The molecule has 2 aliphatic rings. The highest BCUT2D eigenvalue weighted by Crippen LogP contribution is 2.41. The Bertz CT molecular complexity index is 1240. The van der Waals surface area contributed by atoms with E-state index in [1.165, 1.54) is 22.2 Å². The molecule has 1 aliphatic heterocycles. The number of amides is 1. The number of aryl methyl sites for hydroxylation is 2. The largest absolute Gasteiger partial charge is 0.493 e. The van der Waals surface area contributed by atoms with Gasteiger partial charge in [0.2, 0.25) is 5.75 Å². The van der Waals surface area contributed by atoms with Crippen LogP contribution in [0.25, 0.3) is 10.2 Å². The molecule has 0 N–H and O–H groups in total. The van der Waals surface area contributed by atoms with Crippen LogP contribution in [0.2, 0.25) is 0 Å². The summed E-state index contributed by atoms with van der Waals surface area (Å²) in [5.41, 5.74) is 1.96. The quantitative estimate of drug-likeness (QED) is 0.526. The number of benzene rings is 1. The minimum atomic E-state index is -0.0465. The summed E-state index contributed by atoms with van der Waals surface area (Å²) >= 11 is 1.83. The van der Waals surface area contributed by atoms with E-state index in [1.54, 1.807) is 33.5 Å². The third kappa shape index (κ3) is 4.26. The van der Waals surface area contributed by atoms with Crippen LogP contribution in [0.5, 0.6) is 17.2 Å². The first-order chi connectivity index (χ1) is 16.9. The molecular formula is C26H32N4O4S.